The minimum Gasteiger partial charge on any atom is -0.398 e. The van der Waals surface area contributed by atoms with Gasteiger partial charge in [-0.2, -0.15) is 15.3 Å². The summed E-state index contributed by atoms with van der Waals surface area (Å²) in [5, 5.41) is 19.3. The van der Waals surface area contributed by atoms with E-state index in [0.29, 0.717) is 11.4 Å². The van der Waals surface area contributed by atoms with Crippen LogP contribution in [0.4, 0.5) is 34.1 Å². The highest BCUT2D eigenvalue weighted by atomic mass is 15.1. The molecule has 0 aliphatic rings. The second-order valence-corrected chi connectivity index (χ2v) is 6.72. The van der Waals surface area contributed by atoms with E-state index in [-0.39, 0.29) is 0 Å². The minimum absolute atomic E-state index is 0.578. The first kappa shape index (κ1) is 19.0. The van der Waals surface area contributed by atoms with E-state index in [1.54, 1.807) is 24.3 Å². The van der Waals surface area contributed by atoms with Gasteiger partial charge >= 0.3 is 0 Å². The molecule has 4 aromatic rings. The summed E-state index contributed by atoms with van der Waals surface area (Å²) in [5.74, 6) is 0. The van der Waals surface area contributed by atoms with Gasteiger partial charge in [0.1, 0.15) is 0 Å². The standard InChI is InChI=1S/C24H18N6/c1-16-15-19(11-13-23(16)29-27-18-9-7-17(26-2)8-10-18)28-30-24-14-12-22(25)20-5-3-4-6-21(20)24/h3-15H,25H2,1H3. The number of fused-ring (bicyclic) bond motifs is 1. The molecule has 0 bridgehead atoms. The molecule has 0 radical (unpaired) electrons. The molecular formula is C24H18N6. The van der Waals surface area contributed by atoms with Crippen LogP contribution in [0.5, 0.6) is 0 Å². The Morgan fingerprint density at radius 3 is 2.07 bits per heavy atom. The number of aryl methyl sites for hydroxylation is 1. The average Bonchev–Trinajstić information content (AvgIpc) is 2.78. The summed E-state index contributed by atoms with van der Waals surface area (Å²) >= 11 is 0. The van der Waals surface area contributed by atoms with Crippen molar-refractivity contribution in [1.29, 1.82) is 0 Å². The second kappa shape index (κ2) is 8.33. The number of hydrogen-bond donors (Lipinski definition) is 1. The van der Waals surface area contributed by atoms with E-state index in [2.05, 4.69) is 25.3 Å². The van der Waals surface area contributed by atoms with Crippen molar-refractivity contribution in [2.24, 2.45) is 20.5 Å². The van der Waals surface area contributed by atoms with Gasteiger partial charge in [-0.25, -0.2) is 4.85 Å². The van der Waals surface area contributed by atoms with E-state index in [0.717, 1.165) is 39.1 Å². The van der Waals surface area contributed by atoms with E-state index in [4.69, 9.17) is 12.3 Å². The van der Waals surface area contributed by atoms with Crippen molar-refractivity contribution in [2.45, 2.75) is 6.92 Å². The normalized spacial score (nSPS) is 11.3. The molecule has 0 unspecified atom stereocenters. The fraction of sp³-hybridized carbons (Fsp3) is 0.0417. The molecule has 144 valence electrons. The number of benzene rings is 4. The summed E-state index contributed by atoms with van der Waals surface area (Å²) in [6.45, 7) is 8.94. The van der Waals surface area contributed by atoms with Crippen molar-refractivity contribution < 1.29 is 0 Å². The lowest BCUT2D eigenvalue weighted by atomic mass is 10.1. The largest absolute Gasteiger partial charge is 0.398 e. The maximum Gasteiger partial charge on any atom is 0.187 e. The molecule has 6 heteroatoms. The lowest BCUT2D eigenvalue weighted by Gasteiger charge is -2.04. The Hall–Kier alpha value is -4.37. The van der Waals surface area contributed by atoms with Gasteiger partial charge in [0.2, 0.25) is 0 Å². The lowest BCUT2D eigenvalue weighted by molar-refractivity contribution is 1.19. The topological polar surface area (TPSA) is 79.8 Å². The van der Waals surface area contributed by atoms with Crippen molar-refractivity contribution in [3.05, 3.63) is 95.8 Å². The molecule has 0 saturated heterocycles. The third-order valence-corrected chi connectivity index (χ3v) is 4.64. The molecule has 0 saturated carbocycles. The number of anilines is 1. The molecule has 0 amide bonds. The Kier molecular flexibility index (Phi) is 5.27. The monoisotopic (exact) mass is 390 g/mol. The van der Waals surface area contributed by atoms with Gasteiger partial charge in [-0.05, 0) is 55.0 Å². The summed E-state index contributed by atoms with van der Waals surface area (Å²) < 4.78 is 0. The van der Waals surface area contributed by atoms with Gasteiger partial charge in [-0.1, -0.05) is 36.4 Å². The fourth-order valence-corrected chi connectivity index (χ4v) is 3.02. The Morgan fingerprint density at radius 1 is 0.700 bits per heavy atom. The van der Waals surface area contributed by atoms with E-state index in [1.165, 1.54) is 0 Å². The van der Waals surface area contributed by atoms with E-state index in [1.807, 2.05) is 61.5 Å². The van der Waals surface area contributed by atoms with Gasteiger partial charge in [0.25, 0.3) is 0 Å². The first-order valence-corrected chi connectivity index (χ1v) is 9.33. The fourth-order valence-electron chi connectivity index (χ4n) is 3.02. The van der Waals surface area contributed by atoms with Crippen molar-refractivity contribution >= 4 is 44.9 Å². The first-order valence-electron chi connectivity index (χ1n) is 9.33. The van der Waals surface area contributed by atoms with Crippen LogP contribution in [0, 0.1) is 13.5 Å². The van der Waals surface area contributed by atoms with Crippen LogP contribution in [0.25, 0.3) is 15.6 Å². The SMILES string of the molecule is [C-]#[N+]c1ccc(N=Nc2ccc(N=Nc3ccc(N)c4ccccc34)cc2C)cc1. The van der Waals surface area contributed by atoms with Crippen molar-refractivity contribution in [2.75, 3.05) is 5.73 Å². The molecule has 0 fully saturated rings. The molecule has 0 aliphatic heterocycles. The first-order chi connectivity index (χ1) is 14.6. The highest BCUT2D eigenvalue weighted by Gasteiger charge is 2.04. The van der Waals surface area contributed by atoms with Gasteiger partial charge in [0, 0.05) is 16.5 Å². The predicted octanol–water partition coefficient (Wildman–Crippen LogP) is 8.11. The van der Waals surface area contributed by atoms with Crippen molar-refractivity contribution in [1.82, 2.24) is 0 Å². The molecule has 4 aromatic carbocycles. The van der Waals surface area contributed by atoms with Crippen LogP contribution in [-0.4, -0.2) is 0 Å². The Labute approximate surface area is 174 Å². The molecule has 0 aliphatic carbocycles. The lowest BCUT2D eigenvalue weighted by Crippen LogP contribution is -1.86. The summed E-state index contributed by atoms with van der Waals surface area (Å²) in [5.41, 5.74) is 11.2. The zero-order chi connectivity index (χ0) is 20.9. The number of nitrogen functional groups attached to an aromatic ring is 1. The van der Waals surface area contributed by atoms with Gasteiger partial charge in [0.05, 0.1) is 29.3 Å². The number of rotatable bonds is 4. The van der Waals surface area contributed by atoms with E-state index in [9.17, 15) is 0 Å². The molecule has 6 nitrogen and oxygen atoms in total. The number of azo groups is 2. The summed E-state index contributed by atoms with van der Waals surface area (Å²) in [7, 11) is 0. The summed E-state index contributed by atoms with van der Waals surface area (Å²) in [6, 6.07) is 24.2. The van der Waals surface area contributed by atoms with Gasteiger partial charge in [-0.3, -0.25) is 0 Å². The molecule has 30 heavy (non-hydrogen) atoms. The van der Waals surface area contributed by atoms with E-state index < -0.39 is 0 Å². The summed E-state index contributed by atoms with van der Waals surface area (Å²) in [6.07, 6.45) is 0. The molecule has 0 spiro atoms. The van der Waals surface area contributed by atoms with Gasteiger partial charge in [-0.15, -0.1) is 5.11 Å². The van der Waals surface area contributed by atoms with Crippen LogP contribution in [0.1, 0.15) is 5.56 Å². The van der Waals surface area contributed by atoms with Crippen LogP contribution in [0.3, 0.4) is 0 Å². The smallest absolute Gasteiger partial charge is 0.187 e. The number of nitrogens with zero attached hydrogens (tertiary/aromatic N) is 5. The number of hydrogen-bond acceptors (Lipinski definition) is 5. The van der Waals surface area contributed by atoms with Gasteiger partial charge in [0.15, 0.2) is 5.69 Å². The van der Waals surface area contributed by atoms with Gasteiger partial charge < -0.3 is 5.73 Å². The molecule has 0 aromatic heterocycles. The molecule has 0 atom stereocenters. The maximum absolute atomic E-state index is 6.99. The molecule has 2 N–H and O–H groups in total. The molecule has 4 rings (SSSR count). The molecule has 0 heterocycles. The zero-order valence-electron chi connectivity index (χ0n) is 16.3. The van der Waals surface area contributed by atoms with Crippen LogP contribution < -0.4 is 5.73 Å². The Morgan fingerprint density at radius 2 is 1.33 bits per heavy atom. The van der Waals surface area contributed by atoms with Crippen LogP contribution in [-0.2, 0) is 0 Å². The predicted molar refractivity (Wildman–Crippen MR) is 121 cm³/mol. The van der Waals surface area contributed by atoms with E-state index >= 15 is 0 Å². The van der Waals surface area contributed by atoms with Crippen LogP contribution in [0.15, 0.2) is 99.3 Å². The second-order valence-electron chi connectivity index (χ2n) is 6.72. The van der Waals surface area contributed by atoms with Crippen molar-refractivity contribution in [3.8, 4) is 0 Å². The highest BCUT2D eigenvalue weighted by molar-refractivity contribution is 5.99. The summed E-state index contributed by atoms with van der Waals surface area (Å²) in [4.78, 5) is 3.37. The molecular weight excluding hydrogens is 372 g/mol. The third kappa shape index (κ3) is 4.05. The number of nitrogens with two attached hydrogens (primary N) is 1. The Bertz CT molecular complexity index is 1310. The quantitative estimate of drug-likeness (QED) is 0.213. The maximum atomic E-state index is 6.99. The zero-order valence-corrected chi connectivity index (χ0v) is 16.3. The third-order valence-electron chi connectivity index (χ3n) is 4.64. The van der Waals surface area contributed by atoms with Crippen LogP contribution >= 0.6 is 0 Å². The minimum atomic E-state index is 0.578. The van der Waals surface area contributed by atoms with Crippen molar-refractivity contribution in [3.63, 3.8) is 0 Å². The highest BCUT2D eigenvalue weighted by Crippen LogP contribution is 2.32. The average molecular weight is 390 g/mol. The van der Waals surface area contributed by atoms with Crippen LogP contribution in [0.2, 0.25) is 0 Å². The Balaban J connectivity index is 1.56.